The fourth-order valence-electron chi connectivity index (χ4n) is 2.77. The third-order valence-corrected chi connectivity index (χ3v) is 4.04. The first kappa shape index (κ1) is 16.5. The number of rotatable bonds is 2. The molecule has 0 bridgehead atoms. The van der Waals surface area contributed by atoms with E-state index in [1.54, 1.807) is 19.9 Å². The van der Waals surface area contributed by atoms with Gasteiger partial charge in [0.05, 0.1) is 0 Å². The lowest BCUT2D eigenvalue weighted by molar-refractivity contribution is 0.143. The van der Waals surface area contributed by atoms with Gasteiger partial charge in [-0.3, -0.25) is 0 Å². The largest absolute Gasteiger partial charge is 0.382 e. The van der Waals surface area contributed by atoms with Gasteiger partial charge in [0.2, 0.25) is 5.82 Å². The first-order chi connectivity index (χ1) is 12.3. The minimum atomic E-state index is -1.16. The van der Waals surface area contributed by atoms with Crippen LogP contribution in [0.15, 0.2) is 24.3 Å². The van der Waals surface area contributed by atoms with Gasteiger partial charge in [0, 0.05) is 11.6 Å². The topological polar surface area (TPSA) is 89.9 Å². The van der Waals surface area contributed by atoms with Crippen molar-refractivity contribution in [2.75, 3.05) is 5.73 Å². The van der Waals surface area contributed by atoms with Crippen molar-refractivity contribution >= 4 is 17.0 Å². The molecule has 6 nitrogen and oxygen atoms in total. The Morgan fingerprint density at radius 2 is 2.04 bits per heavy atom. The lowest BCUT2D eigenvalue weighted by Gasteiger charge is -2.07. The van der Waals surface area contributed by atoms with Crippen LogP contribution in [0.3, 0.4) is 0 Å². The SMILES string of the molecule is CC(C)(O)C#Cc1nc(N)c2nc(-c3cccc(F)c3)n(C3CC3)c2n1. The average molecular weight is 351 g/mol. The fraction of sp³-hybridized carbons (Fsp3) is 0.316. The summed E-state index contributed by atoms with van der Waals surface area (Å²) in [5.74, 6) is 6.18. The Kier molecular flexibility index (Phi) is 3.67. The van der Waals surface area contributed by atoms with E-state index in [4.69, 9.17) is 5.73 Å². The van der Waals surface area contributed by atoms with Crippen molar-refractivity contribution in [3.8, 4) is 23.2 Å². The molecule has 1 aromatic carbocycles. The summed E-state index contributed by atoms with van der Waals surface area (Å²) in [7, 11) is 0. The fourth-order valence-corrected chi connectivity index (χ4v) is 2.77. The number of hydrogen-bond acceptors (Lipinski definition) is 5. The number of imidazole rings is 1. The molecule has 0 atom stereocenters. The molecule has 1 aliphatic rings. The van der Waals surface area contributed by atoms with Crippen molar-refractivity contribution in [1.82, 2.24) is 19.5 Å². The van der Waals surface area contributed by atoms with Gasteiger partial charge in [0.15, 0.2) is 17.0 Å². The Balaban J connectivity index is 1.93. The van der Waals surface area contributed by atoms with Gasteiger partial charge >= 0.3 is 0 Å². The zero-order valence-electron chi connectivity index (χ0n) is 14.5. The molecular weight excluding hydrogens is 333 g/mol. The Hall–Kier alpha value is -2.98. The van der Waals surface area contributed by atoms with Crippen molar-refractivity contribution in [2.45, 2.75) is 38.3 Å². The van der Waals surface area contributed by atoms with Gasteiger partial charge in [0.25, 0.3) is 0 Å². The van der Waals surface area contributed by atoms with Gasteiger partial charge in [-0.1, -0.05) is 18.1 Å². The summed E-state index contributed by atoms with van der Waals surface area (Å²) in [4.78, 5) is 13.3. The molecule has 0 spiro atoms. The molecule has 26 heavy (non-hydrogen) atoms. The number of benzene rings is 1. The van der Waals surface area contributed by atoms with Crippen LogP contribution in [0.4, 0.5) is 10.2 Å². The highest BCUT2D eigenvalue weighted by Crippen LogP contribution is 2.41. The number of hydrogen-bond donors (Lipinski definition) is 2. The van der Waals surface area contributed by atoms with E-state index in [1.165, 1.54) is 12.1 Å². The molecule has 3 aromatic rings. The normalized spacial score (nSPS) is 14.3. The molecule has 132 valence electrons. The molecule has 0 saturated heterocycles. The molecule has 0 unspecified atom stereocenters. The monoisotopic (exact) mass is 351 g/mol. The van der Waals surface area contributed by atoms with Crippen LogP contribution < -0.4 is 5.73 Å². The van der Waals surface area contributed by atoms with Crippen LogP contribution in [0, 0.1) is 17.7 Å². The van der Waals surface area contributed by atoms with Crippen LogP contribution in [0.2, 0.25) is 0 Å². The number of anilines is 1. The molecule has 2 aromatic heterocycles. The average Bonchev–Trinajstić information content (AvgIpc) is 3.32. The van der Waals surface area contributed by atoms with E-state index < -0.39 is 5.60 Å². The van der Waals surface area contributed by atoms with Crippen LogP contribution in [-0.4, -0.2) is 30.2 Å². The van der Waals surface area contributed by atoms with E-state index in [-0.39, 0.29) is 23.5 Å². The van der Waals surface area contributed by atoms with E-state index in [1.807, 2.05) is 10.6 Å². The predicted octanol–water partition coefficient (Wildman–Crippen LogP) is 2.67. The van der Waals surface area contributed by atoms with Crippen molar-refractivity contribution < 1.29 is 9.50 Å². The Bertz CT molecular complexity index is 1070. The molecule has 4 rings (SSSR count). The van der Waals surface area contributed by atoms with Crippen LogP contribution >= 0.6 is 0 Å². The molecule has 1 aliphatic carbocycles. The quantitative estimate of drug-likeness (QED) is 0.693. The minimum Gasteiger partial charge on any atom is -0.382 e. The first-order valence-electron chi connectivity index (χ1n) is 8.39. The minimum absolute atomic E-state index is 0.215. The van der Waals surface area contributed by atoms with Crippen LogP contribution in [0.1, 0.15) is 38.6 Å². The highest BCUT2D eigenvalue weighted by atomic mass is 19.1. The molecular formula is C19H18FN5O. The van der Waals surface area contributed by atoms with Gasteiger partial charge < -0.3 is 15.4 Å². The van der Waals surface area contributed by atoms with Gasteiger partial charge in [0.1, 0.15) is 17.2 Å². The first-order valence-corrected chi connectivity index (χ1v) is 8.39. The number of halogens is 1. The smallest absolute Gasteiger partial charge is 0.209 e. The lowest BCUT2D eigenvalue weighted by atomic mass is 10.1. The van der Waals surface area contributed by atoms with Crippen molar-refractivity contribution in [3.05, 3.63) is 35.9 Å². The molecule has 3 N–H and O–H groups in total. The summed E-state index contributed by atoms with van der Waals surface area (Å²) >= 11 is 0. The molecule has 7 heteroatoms. The second-order valence-corrected chi connectivity index (χ2v) is 6.96. The summed E-state index contributed by atoms with van der Waals surface area (Å²) in [5, 5.41) is 9.78. The molecule has 0 radical (unpaired) electrons. The van der Waals surface area contributed by atoms with E-state index >= 15 is 0 Å². The number of fused-ring (bicyclic) bond motifs is 1. The summed E-state index contributed by atoms with van der Waals surface area (Å²) < 4.78 is 15.7. The number of aliphatic hydroxyl groups is 1. The molecule has 1 fully saturated rings. The predicted molar refractivity (Wildman–Crippen MR) is 96.6 cm³/mol. The third kappa shape index (κ3) is 3.11. The third-order valence-electron chi connectivity index (χ3n) is 4.04. The zero-order valence-corrected chi connectivity index (χ0v) is 14.5. The van der Waals surface area contributed by atoms with Crippen molar-refractivity contribution in [2.24, 2.45) is 0 Å². The Morgan fingerprint density at radius 1 is 1.27 bits per heavy atom. The summed E-state index contributed by atoms with van der Waals surface area (Å²) in [6.45, 7) is 3.16. The number of aromatic nitrogens is 4. The highest BCUT2D eigenvalue weighted by Gasteiger charge is 2.30. The molecule has 0 aliphatic heterocycles. The van der Waals surface area contributed by atoms with Crippen LogP contribution in [0.5, 0.6) is 0 Å². The van der Waals surface area contributed by atoms with Gasteiger partial charge in [-0.2, -0.15) is 0 Å². The van der Waals surface area contributed by atoms with Crippen LogP contribution in [0.25, 0.3) is 22.6 Å². The van der Waals surface area contributed by atoms with Crippen molar-refractivity contribution in [1.29, 1.82) is 0 Å². The summed E-state index contributed by atoms with van der Waals surface area (Å²) in [5.41, 5.74) is 6.64. The maximum atomic E-state index is 13.7. The summed E-state index contributed by atoms with van der Waals surface area (Å²) in [6, 6.07) is 6.55. The Labute approximate surface area is 149 Å². The van der Waals surface area contributed by atoms with Gasteiger partial charge in [-0.15, -0.1) is 0 Å². The zero-order chi connectivity index (χ0) is 18.5. The van der Waals surface area contributed by atoms with Gasteiger partial charge in [-0.05, 0) is 44.7 Å². The maximum absolute atomic E-state index is 13.7. The molecule has 1 saturated carbocycles. The number of nitrogens with zero attached hydrogens (tertiary/aromatic N) is 4. The van der Waals surface area contributed by atoms with Gasteiger partial charge in [-0.25, -0.2) is 19.3 Å². The number of nitrogen functional groups attached to an aromatic ring is 1. The molecule has 2 heterocycles. The maximum Gasteiger partial charge on any atom is 0.209 e. The van der Waals surface area contributed by atoms with E-state index in [2.05, 4.69) is 26.8 Å². The number of nitrogens with two attached hydrogens (primary N) is 1. The second-order valence-electron chi connectivity index (χ2n) is 6.96. The summed E-state index contributed by atoms with van der Waals surface area (Å²) in [6.07, 6.45) is 2.00. The Morgan fingerprint density at radius 3 is 2.69 bits per heavy atom. The van der Waals surface area contributed by atoms with Crippen LogP contribution in [-0.2, 0) is 0 Å². The molecule has 0 amide bonds. The van der Waals surface area contributed by atoms with E-state index in [0.29, 0.717) is 22.6 Å². The highest BCUT2D eigenvalue weighted by molar-refractivity contribution is 5.86. The second kappa shape index (κ2) is 5.78. The van der Waals surface area contributed by atoms with E-state index in [9.17, 15) is 9.50 Å². The standard InChI is InChI=1S/C19H18FN5O/c1-19(2,26)9-8-14-22-16(21)15-18(23-14)25(13-6-7-13)17(24-15)11-4-3-5-12(20)10-11/h3-5,10,13,26H,6-7H2,1-2H3,(H2,21,22,23). The van der Waals surface area contributed by atoms with Crippen molar-refractivity contribution in [3.63, 3.8) is 0 Å². The lowest BCUT2D eigenvalue weighted by Crippen LogP contribution is -2.14. The van der Waals surface area contributed by atoms with E-state index in [0.717, 1.165) is 12.8 Å².